The summed E-state index contributed by atoms with van der Waals surface area (Å²) < 4.78 is 24.0. The predicted molar refractivity (Wildman–Crippen MR) is 92.0 cm³/mol. The van der Waals surface area contributed by atoms with Crippen LogP contribution in [0.2, 0.25) is 0 Å². The van der Waals surface area contributed by atoms with Gasteiger partial charge in [0.05, 0.1) is 13.2 Å². The molecule has 4 unspecified atom stereocenters. The Hall–Kier alpha value is -1.80. The minimum atomic E-state index is -0.649. The van der Waals surface area contributed by atoms with Crippen LogP contribution in [-0.2, 0) is 18.9 Å². The van der Waals surface area contributed by atoms with Crippen LogP contribution in [0.3, 0.4) is 0 Å². The van der Waals surface area contributed by atoms with Crippen LogP contribution in [0.1, 0.15) is 23.7 Å². The zero-order valence-electron chi connectivity index (χ0n) is 14.2. The maximum Gasteiger partial charge on any atom is 0.184 e. The number of aliphatic hydroxyl groups excluding tert-OH is 2. The van der Waals surface area contributed by atoms with Crippen molar-refractivity contribution >= 4 is 0 Å². The molecular weight excluding hydrogens is 336 g/mol. The Labute approximate surface area is 151 Å². The molecule has 138 valence electrons. The molecule has 2 N–H and O–H groups in total. The molecule has 26 heavy (non-hydrogen) atoms. The molecule has 0 spiro atoms. The molecule has 2 aliphatic rings. The number of benzene rings is 2. The summed E-state index contributed by atoms with van der Waals surface area (Å²) in [6.45, 7) is -0.430. The first-order chi connectivity index (χ1) is 12.8. The maximum absolute atomic E-state index is 9.85. The Kier molecular flexibility index (Phi) is 5.31. The Bertz CT molecular complexity index is 632. The van der Waals surface area contributed by atoms with Crippen LogP contribution in [0.4, 0.5) is 0 Å². The minimum Gasteiger partial charge on any atom is -0.394 e. The van der Waals surface area contributed by atoms with E-state index in [-0.39, 0.29) is 13.2 Å². The summed E-state index contributed by atoms with van der Waals surface area (Å²) in [4.78, 5) is 0. The lowest BCUT2D eigenvalue weighted by Crippen LogP contribution is -2.59. The average Bonchev–Trinajstić information content (AvgIpc) is 2.73. The summed E-state index contributed by atoms with van der Waals surface area (Å²) in [5, 5.41) is 19.7. The van der Waals surface area contributed by atoms with Crippen molar-refractivity contribution in [2.75, 3.05) is 13.2 Å². The van der Waals surface area contributed by atoms with Crippen molar-refractivity contribution in [3.63, 3.8) is 0 Å². The van der Waals surface area contributed by atoms with Crippen LogP contribution in [0.15, 0.2) is 60.7 Å². The van der Waals surface area contributed by atoms with Gasteiger partial charge >= 0.3 is 0 Å². The number of hydrogen-bond acceptors (Lipinski definition) is 6. The first-order valence-corrected chi connectivity index (χ1v) is 8.73. The molecule has 2 fully saturated rings. The third-order valence-corrected chi connectivity index (χ3v) is 4.72. The van der Waals surface area contributed by atoms with Crippen molar-refractivity contribution in [2.24, 2.45) is 0 Å². The molecule has 6 nitrogen and oxygen atoms in total. The van der Waals surface area contributed by atoms with Gasteiger partial charge in [-0.3, -0.25) is 0 Å². The second kappa shape index (κ2) is 7.84. The van der Waals surface area contributed by atoms with Gasteiger partial charge in [0, 0.05) is 11.1 Å². The zero-order valence-corrected chi connectivity index (χ0v) is 14.2. The molecule has 0 aromatic heterocycles. The number of rotatable bonds is 4. The summed E-state index contributed by atoms with van der Waals surface area (Å²) in [6, 6.07) is 19.0. The van der Waals surface area contributed by atoms with Crippen LogP contribution in [-0.4, -0.2) is 47.8 Å². The second-order valence-electron chi connectivity index (χ2n) is 6.40. The molecular formula is C20H22O6. The van der Waals surface area contributed by atoms with E-state index in [1.54, 1.807) is 0 Å². The van der Waals surface area contributed by atoms with Crippen LogP contribution >= 0.6 is 0 Å². The summed E-state index contributed by atoms with van der Waals surface area (Å²) in [6.07, 6.45) is -3.55. The topological polar surface area (TPSA) is 77.4 Å². The SMILES string of the molecule is OC[C@@H]1OC(c2ccccc2)OC2C1OC(c1ccccc1)O[C@@H]2CO. The van der Waals surface area contributed by atoms with Crippen molar-refractivity contribution in [3.05, 3.63) is 71.8 Å². The molecule has 2 saturated heterocycles. The summed E-state index contributed by atoms with van der Waals surface area (Å²) >= 11 is 0. The van der Waals surface area contributed by atoms with Gasteiger partial charge in [-0.1, -0.05) is 60.7 Å². The van der Waals surface area contributed by atoms with Gasteiger partial charge in [-0.15, -0.1) is 0 Å². The van der Waals surface area contributed by atoms with Crippen LogP contribution in [0, 0.1) is 0 Å². The number of fused-ring (bicyclic) bond motifs is 1. The van der Waals surface area contributed by atoms with Crippen LogP contribution in [0.5, 0.6) is 0 Å². The van der Waals surface area contributed by atoms with Gasteiger partial charge in [-0.05, 0) is 0 Å². The molecule has 0 saturated carbocycles. The highest BCUT2D eigenvalue weighted by Crippen LogP contribution is 2.40. The molecule has 2 heterocycles. The standard InChI is InChI=1S/C20H22O6/c21-11-15-18-17(25-19(23-15)13-7-3-1-4-8-13)16(12-22)24-20(26-18)14-9-5-2-6-10-14/h1-10,15-22H,11-12H2/t15-,16+,17?,18?,19?,20?. The fraction of sp³-hybridized carbons (Fsp3) is 0.400. The Morgan fingerprint density at radius 3 is 1.31 bits per heavy atom. The van der Waals surface area contributed by atoms with Crippen molar-refractivity contribution < 1.29 is 29.2 Å². The number of ether oxygens (including phenoxy) is 4. The molecule has 0 aliphatic carbocycles. The lowest BCUT2D eigenvalue weighted by atomic mass is 9.99. The van der Waals surface area contributed by atoms with E-state index >= 15 is 0 Å². The van der Waals surface area contributed by atoms with Crippen LogP contribution < -0.4 is 0 Å². The highest BCUT2D eigenvalue weighted by molar-refractivity contribution is 5.18. The third kappa shape index (κ3) is 3.40. The van der Waals surface area contributed by atoms with Gasteiger partial charge in [0.1, 0.15) is 24.4 Å². The lowest BCUT2D eigenvalue weighted by Gasteiger charge is -2.48. The van der Waals surface area contributed by atoms with E-state index < -0.39 is 37.0 Å². The normalized spacial score (nSPS) is 34.2. The molecule has 2 aliphatic heterocycles. The van der Waals surface area contributed by atoms with Crippen molar-refractivity contribution in [1.82, 2.24) is 0 Å². The van der Waals surface area contributed by atoms with E-state index in [4.69, 9.17) is 18.9 Å². The monoisotopic (exact) mass is 358 g/mol. The molecule has 0 radical (unpaired) electrons. The van der Waals surface area contributed by atoms with E-state index in [1.807, 2.05) is 60.7 Å². The summed E-state index contributed by atoms with van der Waals surface area (Å²) in [5.74, 6) is 0. The summed E-state index contributed by atoms with van der Waals surface area (Å²) in [7, 11) is 0. The van der Waals surface area contributed by atoms with Gasteiger partial charge in [0.15, 0.2) is 12.6 Å². The summed E-state index contributed by atoms with van der Waals surface area (Å²) in [5.41, 5.74) is 1.68. The maximum atomic E-state index is 9.85. The zero-order chi connectivity index (χ0) is 17.9. The van der Waals surface area contributed by atoms with E-state index in [1.165, 1.54) is 0 Å². The fourth-order valence-electron chi connectivity index (χ4n) is 3.40. The minimum absolute atomic E-state index is 0.215. The molecule has 0 bridgehead atoms. The first kappa shape index (κ1) is 17.6. The number of aliphatic hydroxyl groups is 2. The van der Waals surface area contributed by atoms with Gasteiger partial charge in [0.2, 0.25) is 0 Å². The van der Waals surface area contributed by atoms with Crippen molar-refractivity contribution in [3.8, 4) is 0 Å². The van der Waals surface area contributed by atoms with Crippen molar-refractivity contribution in [2.45, 2.75) is 37.0 Å². The highest BCUT2D eigenvalue weighted by atomic mass is 16.8. The van der Waals surface area contributed by atoms with Crippen LogP contribution in [0.25, 0.3) is 0 Å². The quantitative estimate of drug-likeness (QED) is 0.870. The van der Waals surface area contributed by atoms with Gasteiger partial charge < -0.3 is 29.2 Å². The largest absolute Gasteiger partial charge is 0.394 e. The highest BCUT2D eigenvalue weighted by Gasteiger charge is 2.49. The Morgan fingerprint density at radius 2 is 0.962 bits per heavy atom. The Morgan fingerprint density at radius 1 is 0.577 bits per heavy atom. The average molecular weight is 358 g/mol. The first-order valence-electron chi connectivity index (χ1n) is 8.73. The molecule has 6 atom stereocenters. The van der Waals surface area contributed by atoms with E-state index in [0.717, 1.165) is 11.1 Å². The van der Waals surface area contributed by atoms with Gasteiger partial charge in [-0.25, -0.2) is 0 Å². The van der Waals surface area contributed by atoms with Gasteiger partial charge in [0.25, 0.3) is 0 Å². The van der Waals surface area contributed by atoms with Gasteiger partial charge in [-0.2, -0.15) is 0 Å². The van der Waals surface area contributed by atoms with Crippen molar-refractivity contribution in [1.29, 1.82) is 0 Å². The van der Waals surface area contributed by atoms with E-state index in [2.05, 4.69) is 0 Å². The molecule has 2 aromatic carbocycles. The molecule has 0 amide bonds. The second-order valence-corrected chi connectivity index (χ2v) is 6.40. The fourth-order valence-corrected chi connectivity index (χ4v) is 3.40. The molecule has 6 heteroatoms. The molecule has 4 rings (SSSR count). The Balaban J connectivity index is 1.59. The predicted octanol–water partition coefficient (Wildman–Crippen LogP) is 1.94. The third-order valence-electron chi connectivity index (χ3n) is 4.72. The van der Waals surface area contributed by atoms with E-state index in [0.29, 0.717) is 0 Å². The van der Waals surface area contributed by atoms with E-state index in [9.17, 15) is 10.2 Å². The molecule has 2 aromatic rings. The lowest BCUT2D eigenvalue weighted by molar-refractivity contribution is -0.387. The smallest absolute Gasteiger partial charge is 0.184 e. The number of hydrogen-bond donors (Lipinski definition) is 2.